The number of aliphatic hydroxyl groups excluding tert-OH is 1. The third-order valence-electron chi connectivity index (χ3n) is 4.08. The van der Waals surface area contributed by atoms with Gasteiger partial charge in [-0.05, 0) is 29.2 Å². The lowest BCUT2D eigenvalue weighted by atomic mass is 9.87. The molecule has 0 spiro atoms. The molecule has 4 nitrogen and oxygen atoms in total. The van der Waals surface area contributed by atoms with Crippen molar-refractivity contribution >= 4 is 17.7 Å². The van der Waals surface area contributed by atoms with Crippen molar-refractivity contribution in [3.8, 4) is 5.75 Å². The van der Waals surface area contributed by atoms with Crippen LogP contribution in [0.5, 0.6) is 5.75 Å². The van der Waals surface area contributed by atoms with Crippen LogP contribution in [0.25, 0.3) is 0 Å². The molecule has 0 aromatic heterocycles. The number of nitrogens with one attached hydrogen (secondary N) is 1. The number of thioether (sulfide) groups is 1. The molecule has 2 N–H and O–H groups in total. The second-order valence-corrected chi connectivity index (χ2v) is 8.17. The molecular formula is C21H27NO3S. The largest absolute Gasteiger partial charge is 0.496 e. The monoisotopic (exact) mass is 373 g/mol. The summed E-state index contributed by atoms with van der Waals surface area (Å²) in [6.45, 7) is 6.68. The highest BCUT2D eigenvalue weighted by atomic mass is 32.2. The first-order chi connectivity index (χ1) is 12.3. The van der Waals surface area contributed by atoms with E-state index in [9.17, 15) is 9.90 Å². The normalized spacial score (nSPS) is 12.5. The molecule has 0 saturated carbocycles. The quantitative estimate of drug-likeness (QED) is 0.722. The lowest BCUT2D eigenvalue weighted by Gasteiger charge is -2.19. The van der Waals surface area contributed by atoms with Gasteiger partial charge in [-0.15, -0.1) is 11.8 Å². The second-order valence-electron chi connectivity index (χ2n) is 7.12. The van der Waals surface area contributed by atoms with Gasteiger partial charge in [0, 0.05) is 17.0 Å². The first-order valence-corrected chi connectivity index (χ1v) is 9.61. The lowest BCUT2D eigenvalue weighted by Crippen LogP contribution is -2.29. The van der Waals surface area contributed by atoms with E-state index in [4.69, 9.17) is 4.74 Å². The standard InChI is InChI=1S/C21H27NO3S/c1-21(2,3)15-9-11-16(12-10-15)26-14-20(24)22-13-18(23)17-7-5-6-8-19(17)25-4/h5-12,18,23H,13-14H2,1-4H3,(H,22,24). The topological polar surface area (TPSA) is 58.6 Å². The van der Waals surface area contributed by atoms with Gasteiger partial charge in [0.1, 0.15) is 5.75 Å². The van der Waals surface area contributed by atoms with Crippen molar-refractivity contribution in [1.29, 1.82) is 0 Å². The van der Waals surface area contributed by atoms with Gasteiger partial charge in [-0.25, -0.2) is 0 Å². The fourth-order valence-electron chi connectivity index (χ4n) is 2.51. The van der Waals surface area contributed by atoms with E-state index in [2.05, 4.69) is 38.2 Å². The molecule has 0 saturated heterocycles. The minimum atomic E-state index is -0.800. The summed E-state index contributed by atoms with van der Waals surface area (Å²) in [7, 11) is 1.56. The van der Waals surface area contributed by atoms with E-state index in [0.717, 1.165) is 4.90 Å². The average Bonchev–Trinajstić information content (AvgIpc) is 2.64. The Hall–Kier alpha value is -1.98. The van der Waals surface area contributed by atoms with Crippen molar-refractivity contribution in [2.75, 3.05) is 19.4 Å². The molecular weight excluding hydrogens is 346 g/mol. The first kappa shape index (κ1) is 20.3. The number of para-hydroxylation sites is 1. The van der Waals surface area contributed by atoms with Gasteiger partial charge in [0.25, 0.3) is 0 Å². The highest BCUT2D eigenvalue weighted by molar-refractivity contribution is 8.00. The zero-order valence-corrected chi connectivity index (χ0v) is 16.6. The highest BCUT2D eigenvalue weighted by Gasteiger charge is 2.15. The lowest BCUT2D eigenvalue weighted by molar-refractivity contribution is -0.119. The van der Waals surface area contributed by atoms with Crippen LogP contribution in [0.1, 0.15) is 38.0 Å². The number of ether oxygens (including phenoxy) is 1. The number of hydrogen-bond acceptors (Lipinski definition) is 4. The van der Waals surface area contributed by atoms with Crippen LogP contribution < -0.4 is 10.1 Å². The Morgan fingerprint density at radius 3 is 2.42 bits per heavy atom. The van der Waals surface area contributed by atoms with Crippen LogP contribution in [0.15, 0.2) is 53.4 Å². The molecule has 1 unspecified atom stereocenters. The van der Waals surface area contributed by atoms with E-state index in [1.807, 2.05) is 24.3 Å². The van der Waals surface area contributed by atoms with Crippen molar-refractivity contribution in [2.45, 2.75) is 37.2 Å². The minimum absolute atomic E-state index is 0.108. The number of methoxy groups -OCH3 is 1. The van der Waals surface area contributed by atoms with Crippen LogP contribution >= 0.6 is 11.8 Å². The van der Waals surface area contributed by atoms with Crippen LogP contribution in [0.4, 0.5) is 0 Å². The van der Waals surface area contributed by atoms with Gasteiger partial charge in [-0.3, -0.25) is 4.79 Å². The second kappa shape index (κ2) is 9.10. The zero-order chi connectivity index (χ0) is 19.2. The summed E-state index contributed by atoms with van der Waals surface area (Å²) in [5, 5.41) is 13.0. The predicted octanol–water partition coefficient (Wildman–Crippen LogP) is 3.93. The molecule has 2 aromatic carbocycles. The zero-order valence-electron chi connectivity index (χ0n) is 15.8. The van der Waals surface area contributed by atoms with Gasteiger partial charge in [0.05, 0.1) is 19.0 Å². The third-order valence-corrected chi connectivity index (χ3v) is 5.09. The van der Waals surface area contributed by atoms with Crippen molar-refractivity contribution < 1.29 is 14.6 Å². The number of rotatable bonds is 7. The summed E-state index contributed by atoms with van der Waals surface area (Å²) in [5.41, 5.74) is 2.06. The van der Waals surface area contributed by atoms with E-state index in [0.29, 0.717) is 17.1 Å². The highest BCUT2D eigenvalue weighted by Crippen LogP contribution is 2.26. The Labute approximate surface area is 160 Å². The smallest absolute Gasteiger partial charge is 0.230 e. The number of carbonyl (C=O) groups excluding carboxylic acids is 1. The van der Waals surface area contributed by atoms with Gasteiger partial charge in [-0.2, -0.15) is 0 Å². The first-order valence-electron chi connectivity index (χ1n) is 8.62. The molecule has 0 aliphatic rings. The third kappa shape index (κ3) is 5.78. The molecule has 0 aliphatic carbocycles. The molecule has 5 heteroatoms. The summed E-state index contributed by atoms with van der Waals surface area (Å²) in [5.74, 6) is 0.819. The predicted molar refractivity (Wildman–Crippen MR) is 107 cm³/mol. The Morgan fingerprint density at radius 1 is 1.15 bits per heavy atom. The SMILES string of the molecule is COc1ccccc1C(O)CNC(=O)CSc1ccc(C(C)(C)C)cc1. The number of hydrogen-bond donors (Lipinski definition) is 2. The summed E-state index contributed by atoms with van der Waals surface area (Å²) in [6.07, 6.45) is -0.800. The van der Waals surface area contributed by atoms with Gasteiger partial charge in [-0.1, -0.05) is 51.1 Å². The van der Waals surface area contributed by atoms with Gasteiger partial charge in [0.15, 0.2) is 0 Å². The Kier molecular flexibility index (Phi) is 7.12. The maximum Gasteiger partial charge on any atom is 0.230 e. The van der Waals surface area contributed by atoms with Crippen LogP contribution in [0, 0.1) is 0 Å². The fourth-order valence-corrected chi connectivity index (χ4v) is 3.24. The number of aliphatic hydroxyl groups is 1. The molecule has 2 aromatic rings. The van der Waals surface area contributed by atoms with Crippen molar-refractivity contribution in [1.82, 2.24) is 5.32 Å². The number of benzene rings is 2. The van der Waals surface area contributed by atoms with Gasteiger partial charge < -0.3 is 15.2 Å². The summed E-state index contributed by atoms with van der Waals surface area (Å²) in [6, 6.07) is 15.6. The Balaban J connectivity index is 1.82. The minimum Gasteiger partial charge on any atom is -0.496 e. The van der Waals surface area contributed by atoms with Crippen molar-refractivity contribution in [3.05, 3.63) is 59.7 Å². The summed E-state index contributed by atoms with van der Waals surface area (Å²) >= 11 is 1.48. The van der Waals surface area contributed by atoms with E-state index < -0.39 is 6.10 Å². The summed E-state index contributed by atoms with van der Waals surface area (Å²) < 4.78 is 5.24. The van der Waals surface area contributed by atoms with Gasteiger partial charge in [0.2, 0.25) is 5.91 Å². The molecule has 1 amide bonds. The maximum atomic E-state index is 12.1. The molecule has 26 heavy (non-hydrogen) atoms. The average molecular weight is 374 g/mol. The summed E-state index contributed by atoms with van der Waals surface area (Å²) in [4.78, 5) is 13.1. The van der Waals surface area contributed by atoms with E-state index in [-0.39, 0.29) is 17.9 Å². The van der Waals surface area contributed by atoms with Gasteiger partial charge >= 0.3 is 0 Å². The molecule has 140 valence electrons. The van der Waals surface area contributed by atoms with Crippen LogP contribution in [0.2, 0.25) is 0 Å². The molecule has 0 radical (unpaired) electrons. The van der Waals surface area contributed by atoms with E-state index in [1.54, 1.807) is 19.2 Å². The van der Waals surface area contributed by atoms with Crippen molar-refractivity contribution in [3.63, 3.8) is 0 Å². The number of amides is 1. The van der Waals surface area contributed by atoms with Crippen LogP contribution in [-0.2, 0) is 10.2 Å². The van der Waals surface area contributed by atoms with E-state index in [1.165, 1.54) is 17.3 Å². The molecule has 0 fully saturated rings. The van der Waals surface area contributed by atoms with Crippen LogP contribution in [0.3, 0.4) is 0 Å². The number of carbonyl (C=O) groups is 1. The molecule has 0 aliphatic heterocycles. The Morgan fingerprint density at radius 2 is 1.81 bits per heavy atom. The molecule has 0 bridgehead atoms. The van der Waals surface area contributed by atoms with Crippen molar-refractivity contribution in [2.24, 2.45) is 0 Å². The maximum absolute atomic E-state index is 12.1. The van der Waals surface area contributed by atoms with E-state index >= 15 is 0 Å². The molecule has 2 rings (SSSR count). The fraction of sp³-hybridized carbons (Fsp3) is 0.381. The molecule has 1 atom stereocenters. The van der Waals surface area contributed by atoms with Crippen LogP contribution in [-0.4, -0.2) is 30.4 Å². The Bertz CT molecular complexity index is 723. The molecule has 0 heterocycles.